The van der Waals surface area contributed by atoms with Gasteiger partial charge in [-0.1, -0.05) is 31.9 Å². The summed E-state index contributed by atoms with van der Waals surface area (Å²) in [7, 11) is 0. The van der Waals surface area contributed by atoms with Gasteiger partial charge in [0.2, 0.25) is 0 Å². The minimum atomic E-state index is -0.00101. The monoisotopic (exact) mass is 494 g/mol. The van der Waals surface area contributed by atoms with E-state index in [0.29, 0.717) is 22.9 Å². The zero-order valence-corrected chi connectivity index (χ0v) is 18.4. The van der Waals surface area contributed by atoms with Gasteiger partial charge in [0, 0.05) is 33.6 Å². The summed E-state index contributed by atoms with van der Waals surface area (Å²) in [5, 5.41) is 13.6. The molecule has 0 saturated heterocycles. The predicted octanol–water partition coefficient (Wildman–Crippen LogP) is 4.86. The van der Waals surface area contributed by atoms with Crippen LogP contribution in [0.4, 0.5) is 0 Å². The molecule has 144 valence electrons. The average molecular weight is 496 g/mol. The van der Waals surface area contributed by atoms with Crippen LogP contribution in [0.3, 0.4) is 0 Å². The van der Waals surface area contributed by atoms with Crippen LogP contribution in [0.5, 0.6) is 0 Å². The molecule has 0 bridgehead atoms. The Hall–Kier alpha value is -0.850. The molecule has 1 amide bonds. The number of hydrogen-bond donors (Lipinski definition) is 2. The summed E-state index contributed by atoms with van der Waals surface area (Å²) in [4.78, 5) is 13.1. The normalized spacial score (nSPS) is 31.1. The first-order chi connectivity index (χ1) is 13.0. The molecule has 1 heterocycles. The molecule has 3 atom stereocenters. The number of aliphatic hydroxyl groups is 1. The second-order valence-corrected chi connectivity index (χ2v) is 10.4. The van der Waals surface area contributed by atoms with Gasteiger partial charge in [-0.3, -0.25) is 4.79 Å². The Bertz CT molecular complexity index is 936. The zero-order valence-electron chi connectivity index (χ0n) is 15.2. The summed E-state index contributed by atoms with van der Waals surface area (Å²) in [5.74, 6) is 0.917. The highest BCUT2D eigenvalue weighted by Crippen LogP contribution is 2.76. The lowest BCUT2D eigenvalue weighted by Gasteiger charge is -2.64. The van der Waals surface area contributed by atoms with Crippen LogP contribution in [0.15, 0.2) is 27.3 Å². The molecule has 3 aliphatic carbocycles. The van der Waals surface area contributed by atoms with Gasteiger partial charge in [0.15, 0.2) is 0 Å². The Kier molecular flexibility index (Phi) is 4.26. The van der Waals surface area contributed by atoms with Crippen molar-refractivity contribution in [2.24, 2.45) is 16.7 Å². The topological polar surface area (TPSA) is 54.3 Å². The van der Waals surface area contributed by atoms with Crippen LogP contribution in [-0.2, 0) is 6.54 Å². The van der Waals surface area contributed by atoms with Gasteiger partial charge in [0.05, 0.1) is 17.7 Å². The van der Waals surface area contributed by atoms with Crippen molar-refractivity contribution in [3.05, 3.63) is 32.8 Å². The average Bonchev–Trinajstić information content (AvgIpc) is 3.00. The predicted molar refractivity (Wildman–Crippen MR) is 113 cm³/mol. The number of carbonyl (C=O) groups is 1. The van der Waals surface area contributed by atoms with Crippen LogP contribution in [-0.4, -0.2) is 28.7 Å². The van der Waals surface area contributed by atoms with E-state index in [1.807, 2.05) is 22.9 Å². The number of halogens is 2. The van der Waals surface area contributed by atoms with Crippen LogP contribution in [0.1, 0.15) is 48.9 Å². The van der Waals surface area contributed by atoms with E-state index in [1.54, 1.807) is 0 Å². The number of aromatic nitrogens is 1. The minimum absolute atomic E-state index is 0.00101. The fourth-order valence-electron chi connectivity index (χ4n) is 6.27. The molecule has 3 fully saturated rings. The Morgan fingerprint density at radius 3 is 2.70 bits per heavy atom. The highest BCUT2D eigenvalue weighted by atomic mass is 79.9. The second-order valence-electron chi connectivity index (χ2n) is 8.63. The quantitative estimate of drug-likeness (QED) is 0.622. The van der Waals surface area contributed by atoms with Crippen molar-refractivity contribution in [3.63, 3.8) is 0 Å². The number of rotatable bonds is 5. The molecule has 1 aromatic carbocycles. The van der Waals surface area contributed by atoms with Crippen molar-refractivity contribution in [2.75, 3.05) is 13.2 Å². The van der Waals surface area contributed by atoms with E-state index < -0.39 is 0 Å². The molecule has 0 radical (unpaired) electrons. The van der Waals surface area contributed by atoms with Crippen molar-refractivity contribution in [1.29, 1.82) is 0 Å². The number of fused-ring (bicyclic) bond motifs is 1. The van der Waals surface area contributed by atoms with Crippen LogP contribution in [0.25, 0.3) is 10.9 Å². The first-order valence-electron chi connectivity index (χ1n) is 9.87. The van der Waals surface area contributed by atoms with E-state index in [1.165, 1.54) is 38.5 Å². The number of hydrogen-bond acceptors (Lipinski definition) is 2. The van der Waals surface area contributed by atoms with Gasteiger partial charge in [0.1, 0.15) is 0 Å². The Balaban J connectivity index is 1.43. The van der Waals surface area contributed by atoms with Crippen molar-refractivity contribution < 1.29 is 9.90 Å². The van der Waals surface area contributed by atoms with Crippen LogP contribution in [0.2, 0.25) is 0 Å². The first-order valence-corrected chi connectivity index (χ1v) is 11.5. The van der Waals surface area contributed by atoms with Gasteiger partial charge in [0.25, 0.3) is 5.91 Å². The van der Waals surface area contributed by atoms with Gasteiger partial charge in [-0.15, -0.1) is 0 Å². The molecule has 2 N–H and O–H groups in total. The highest BCUT2D eigenvalue weighted by Gasteiger charge is 2.69. The molecule has 6 heteroatoms. The largest absolute Gasteiger partial charge is 0.395 e. The molecule has 3 saturated carbocycles. The van der Waals surface area contributed by atoms with Crippen LogP contribution < -0.4 is 5.32 Å². The highest BCUT2D eigenvalue weighted by molar-refractivity contribution is 9.11. The van der Waals surface area contributed by atoms with E-state index in [-0.39, 0.29) is 12.5 Å². The number of amides is 1. The van der Waals surface area contributed by atoms with Gasteiger partial charge >= 0.3 is 0 Å². The number of benzene rings is 1. The maximum absolute atomic E-state index is 13.1. The second kappa shape index (κ2) is 6.33. The molecule has 1 aromatic heterocycles. The molecular weight excluding hydrogens is 472 g/mol. The standard InChI is InChI=1S/C21H24Br2N2O2/c22-14-9-16(23)18-15(11-25(7-8-26)17(18)10-14)19(27)24-12-20-3-1-13-2-4-21(13,20)6-5-20/h9-11,13,26H,1-8,12H2,(H,24,27)/t13?,20?,21-/m1/s1. The van der Waals surface area contributed by atoms with Gasteiger partial charge in [-0.25, -0.2) is 0 Å². The summed E-state index contributed by atoms with van der Waals surface area (Å²) >= 11 is 7.14. The van der Waals surface area contributed by atoms with Crippen molar-refractivity contribution in [2.45, 2.75) is 45.1 Å². The Morgan fingerprint density at radius 1 is 1.22 bits per heavy atom. The fourth-order valence-corrected chi connectivity index (χ4v) is 7.69. The Labute approximate surface area is 175 Å². The smallest absolute Gasteiger partial charge is 0.253 e. The Morgan fingerprint density at radius 2 is 2.04 bits per heavy atom. The van der Waals surface area contributed by atoms with E-state index in [2.05, 4.69) is 37.2 Å². The zero-order chi connectivity index (χ0) is 18.8. The SMILES string of the molecule is O=C(NCC12CCC3CC[C@@]31CC2)c1cn(CCO)c2cc(Br)cc(Br)c12. The summed E-state index contributed by atoms with van der Waals surface area (Å²) in [6, 6.07) is 3.97. The lowest BCUT2D eigenvalue weighted by Crippen LogP contribution is -2.59. The number of nitrogens with zero attached hydrogens (tertiary/aromatic N) is 1. The van der Waals surface area contributed by atoms with E-state index in [0.717, 1.165) is 32.3 Å². The van der Waals surface area contributed by atoms with Gasteiger partial charge in [-0.05, 0) is 67.4 Å². The number of carbonyl (C=O) groups excluding carboxylic acids is 1. The van der Waals surface area contributed by atoms with Crippen molar-refractivity contribution in [1.82, 2.24) is 9.88 Å². The maximum atomic E-state index is 13.1. The lowest BCUT2D eigenvalue weighted by molar-refractivity contribution is -0.137. The van der Waals surface area contributed by atoms with E-state index in [4.69, 9.17) is 0 Å². The minimum Gasteiger partial charge on any atom is -0.395 e. The molecule has 4 nitrogen and oxygen atoms in total. The van der Waals surface area contributed by atoms with E-state index >= 15 is 0 Å². The molecule has 1 spiro atoms. The third kappa shape index (κ3) is 2.45. The first kappa shape index (κ1) is 18.2. The van der Waals surface area contributed by atoms with Crippen molar-refractivity contribution >= 4 is 48.7 Å². The molecule has 27 heavy (non-hydrogen) atoms. The lowest BCUT2D eigenvalue weighted by atomic mass is 9.41. The third-order valence-electron chi connectivity index (χ3n) is 7.87. The summed E-state index contributed by atoms with van der Waals surface area (Å²) in [6.45, 7) is 1.33. The van der Waals surface area contributed by atoms with Crippen LogP contribution >= 0.6 is 31.9 Å². The summed E-state index contributed by atoms with van der Waals surface area (Å²) in [6.07, 6.45) is 9.90. The maximum Gasteiger partial charge on any atom is 0.253 e. The number of aliphatic hydroxyl groups excluding tert-OH is 1. The van der Waals surface area contributed by atoms with Gasteiger partial charge < -0.3 is 15.0 Å². The molecule has 2 aromatic rings. The molecular formula is C21H24Br2N2O2. The van der Waals surface area contributed by atoms with Gasteiger partial charge in [-0.2, -0.15) is 0 Å². The van der Waals surface area contributed by atoms with Crippen LogP contribution in [0, 0.1) is 16.7 Å². The molecule has 2 unspecified atom stereocenters. The van der Waals surface area contributed by atoms with Crippen molar-refractivity contribution in [3.8, 4) is 0 Å². The summed E-state index contributed by atoms with van der Waals surface area (Å²) in [5.41, 5.74) is 2.55. The number of nitrogens with one attached hydrogen (secondary N) is 1. The molecule has 3 aliphatic rings. The third-order valence-corrected chi connectivity index (χ3v) is 8.95. The molecule has 0 aliphatic heterocycles. The van der Waals surface area contributed by atoms with E-state index in [9.17, 15) is 9.90 Å². The summed E-state index contributed by atoms with van der Waals surface area (Å²) < 4.78 is 3.80. The fraction of sp³-hybridized carbons (Fsp3) is 0.571. The molecule has 5 rings (SSSR count).